The summed E-state index contributed by atoms with van der Waals surface area (Å²) in [7, 11) is 1.41. The molecule has 0 spiro atoms. The lowest BCUT2D eigenvalue weighted by Gasteiger charge is -1.98. The van der Waals surface area contributed by atoms with E-state index in [1.807, 2.05) is 0 Å². The molecule has 10 heavy (non-hydrogen) atoms. The second-order valence-electron chi connectivity index (χ2n) is 1.87. The fourth-order valence-electron chi connectivity index (χ4n) is 0.502. The Hall–Kier alpha value is -1.06. The maximum Gasteiger partial charge on any atom is 0.303 e. The minimum Gasteiger partial charge on any atom is -0.484 e. The van der Waals surface area contributed by atoms with E-state index in [9.17, 15) is 4.79 Å². The van der Waals surface area contributed by atoms with Crippen molar-refractivity contribution >= 4 is 11.9 Å². The quantitative estimate of drug-likeness (QED) is 0.455. The van der Waals surface area contributed by atoms with Crippen molar-refractivity contribution in [2.45, 2.75) is 19.3 Å². The van der Waals surface area contributed by atoms with Gasteiger partial charge in [-0.2, -0.15) is 0 Å². The molecule has 0 unspecified atom stereocenters. The van der Waals surface area contributed by atoms with E-state index in [0.29, 0.717) is 12.8 Å². The highest BCUT2D eigenvalue weighted by Gasteiger charge is 1.98. The van der Waals surface area contributed by atoms with Gasteiger partial charge in [0.15, 0.2) is 5.90 Å². The average Bonchev–Trinajstić information content (AvgIpc) is 1.87. The number of ether oxygens (including phenoxy) is 1. The first kappa shape index (κ1) is 8.94. The van der Waals surface area contributed by atoms with Crippen molar-refractivity contribution in [3.05, 3.63) is 0 Å². The predicted molar refractivity (Wildman–Crippen MR) is 36.2 cm³/mol. The van der Waals surface area contributed by atoms with Crippen molar-refractivity contribution in [2.75, 3.05) is 7.11 Å². The van der Waals surface area contributed by atoms with E-state index in [-0.39, 0.29) is 12.3 Å². The molecule has 2 N–H and O–H groups in total. The van der Waals surface area contributed by atoms with Crippen LogP contribution < -0.4 is 0 Å². The number of nitrogens with one attached hydrogen (secondary N) is 1. The molecule has 0 heterocycles. The molecule has 0 aromatic carbocycles. The summed E-state index contributed by atoms with van der Waals surface area (Å²) in [4.78, 5) is 9.96. The van der Waals surface area contributed by atoms with Crippen LogP contribution in [-0.2, 0) is 9.53 Å². The zero-order chi connectivity index (χ0) is 7.98. The van der Waals surface area contributed by atoms with Gasteiger partial charge in [-0.05, 0) is 6.42 Å². The Balaban J connectivity index is 3.20. The van der Waals surface area contributed by atoms with Gasteiger partial charge >= 0.3 is 5.97 Å². The van der Waals surface area contributed by atoms with E-state index in [0.717, 1.165) is 0 Å². The Kier molecular flexibility index (Phi) is 4.28. The largest absolute Gasteiger partial charge is 0.484 e. The molecule has 4 heteroatoms. The van der Waals surface area contributed by atoms with Crippen molar-refractivity contribution in [1.29, 1.82) is 5.41 Å². The standard InChI is InChI=1S/C6H11NO3/c1-10-5(7)3-2-4-6(8)9/h7H,2-4H2,1H3,(H,8,9). The zero-order valence-electron chi connectivity index (χ0n) is 5.89. The third kappa shape index (κ3) is 5.08. The summed E-state index contributed by atoms with van der Waals surface area (Å²) in [6, 6.07) is 0. The van der Waals surface area contributed by atoms with Gasteiger partial charge in [-0.3, -0.25) is 10.2 Å². The molecule has 0 aliphatic heterocycles. The average molecular weight is 145 g/mol. The van der Waals surface area contributed by atoms with E-state index < -0.39 is 5.97 Å². The molecule has 0 amide bonds. The van der Waals surface area contributed by atoms with Crippen LogP contribution in [0.25, 0.3) is 0 Å². The van der Waals surface area contributed by atoms with Gasteiger partial charge in [0.1, 0.15) is 0 Å². The van der Waals surface area contributed by atoms with Crippen molar-refractivity contribution in [2.24, 2.45) is 0 Å². The van der Waals surface area contributed by atoms with Crippen LogP contribution in [-0.4, -0.2) is 24.1 Å². The summed E-state index contributed by atoms with van der Waals surface area (Å²) in [5.41, 5.74) is 0. The molecule has 0 aliphatic carbocycles. The van der Waals surface area contributed by atoms with Gasteiger partial charge in [0.25, 0.3) is 0 Å². The van der Waals surface area contributed by atoms with Crippen molar-refractivity contribution in [3.8, 4) is 0 Å². The lowest BCUT2D eigenvalue weighted by molar-refractivity contribution is -0.137. The van der Waals surface area contributed by atoms with Crippen molar-refractivity contribution in [3.63, 3.8) is 0 Å². The van der Waals surface area contributed by atoms with Gasteiger partial charge in [-0.25, -0.2) is 0 Å². The summed E-state index contributed by atoms with van der Waals surface area (Å²) in [5, 5.41) is 15.2. The fraction of sp³-hybridized carbons (Fsp3) is 0.667. The topological polar surface area (TPSA) is 70.4 Å². The first-order valence-corrected chi connectivity index (χ1v) is 3.00. The van der Waals surface area contributed by atoms with E-state index in [1.165, 1.54) is 7.11 Å². The summed E-state index contributed by atoms with van der Waals surface area (Å²) < 4.78 is 4.52. The van der Waals surface area contributed by atoms with Crippen LogP contribution in [0.3, 0.4) is 0 Å². The van der Waals surface area contributed by atoms with Gasteiger partial charge in [0.05, 0.1) is 7.11 Å². The minimum absolute atomic E-state index is 0.103. The summed E-state index contributed by atoms with van der Waals surface area (Å²) in [6.45, 7) is 0. The van der Waals surface area contributed by atoms with Crippen LogP contribution in [0, 0.1) is 5.41 Å². The van der Waals surface area contributed by atoms with Gasteiger partial charge in [-0.15, -0.1) is 0 Å². The number of carboxylic acids is 1. The smallest absolute Gasteiger partial charge is 0.303 e. The highest BCUT2D eigenvalue weighted by Crippen LogP contribution is 1.96. The highest BCUT2D eigenvalue weighted by atomic mass is 16.5. The van der Waals surface area contributed by atoms with E-state index in [4.69, 9.17) is 10.5 Å². The SMILES string of the molecule is COC(=N)CCCC(=O)O. The third-order valence-corrected chi connectivity index (χ3v) is 1.04. The van der Waals surface area contributed by atoms with E-state index in [2.05, 4.69) is 4.74 Å². The molecule has 0 bridgehead atoms. The van der Waals surface area contributed by atoms with Gasteiger partial charge in [-0.1, -0.05) is 0 Å². The van der Waals surface area contributed by atoms with Crippen molar-refractivity contribution < 1.29 is 14.6 Å². The molecule has 0 fully saturated rings. The van der Waals surface area contributed by atoms with Crippen LogP contribution in [0.2, 0.25) is 0 Å². The molecule has 0 atom stereocenters. The van der Waals surface area contributed by atoms with E-state index in [1.54, 1.807) is 0 Å². The molecule has 4 nitrogen and oxygen atoms in total. The Morgan fingerprint density at radius 1 is 1.60 bits per heavy atom. The van der Waals surface area contributed by atoms with Gasteiger partial charge < -0.3 is 9.84 Å². The van der Waals surface area contributed by atoms with Gasteiger partial charge in [0, 0.05) is 12.8 Å². The number of hydrogen-bond acceptors (Lipinski definition) is 3. The molecule has 0 saturated heterocycles. The van der Waals surface area contributed by atoms with Crippen LogP contribution in [0.15, 0.2) is 0 Å². The zero-order valence-corrected chi connectivity index (χ0v) is 5.89. The van der Waals surface area contributed by atoms with E-state index >= 15 is 0 Å². The van der Waals surface area contributed by atoms with Gasteiger partial charge in [0.2, 0.25) is 0 Å². The number of rotatable bonds is 4. The fourth-order valence-corrected chi connectivity index (χ4v) is 0.502. The Bertz CT molecular complexity index is 133. The molecule has 0 rings (SSSR count). The number of hydrogen-bond donors (Lipinski definition) is 2. The first-order valence-electron chi connectivity index (χ1n) is 3.00. The van der Waals surface area contributed by atoms with Crippen LogP contribution in [0.5, 0.6) is 0 Å². The molecule has 0 aliphatic rings. The molecule has 0 aromatic heterocycles. The Morgan fingerprint density at radius 3 is 2.60 bits per heavy atom. The Labute approximate surface area is 59.3 Å². The third-order valence-electron chi connectivity index (χ3n) is 1.04. The molecule has 58 valence electrons. The molecule has 0 saturated carbocycles. The first-order chi connectivity index (χ1) is 4.66. The lowest BCUT2D eigenvalue weighted by atomic mass is 10.2. The van der Waals surface area contributed by atoms with Crippen molar-refractivity contribution in [1.82, 2.24) is 0 Å². The summed E-state index contributed by atoms with van der Waals surface area (Å²) >= 11 is 0. The molecule has 0 aromatic rings. The number of carbonyl (C=O) groups is 1. The second kappa shape index (κ2) is 4.78. The molecular formula is C6H11NO3. The normalized spacial score (nSPS) is 8.90. The summed E-state index contributed by atoms with van der Waals surface area (Å²) in [6.07, 6.45) is 0.983. The highest BCUT2D eigenvalue weighted by molar-refractivity contribution is 5.73. The molecule has 0 radical (unpaired) electrons. The van der Waals surface area contributed by atoms with Crippen LogP contribution in [0.4, 0.5) is 0 Å². The lowest BCUT2D eigenvalue weighted by Crippen LogP contribution is -2.01. The predicted octanol–water partition coefficient (Wildman–Crippen LogP) is 0.865. The van der Waals surface area contributed by atoms with Crippen LogP contribution >= 0.6 is 0 Å². The molecular weight excluding hydrogens is 134 g/mol. The number of aliphatic carboxylic acids is 1. The van der Waals surface area contributed by atoms with Crippen LogP contribution in [0.1, 0.15) is 19.3 Å². The maximum absolute atomic E-state index is 9.96. The monoisotopic (exact) mass is 145 g/mol. The second-order valence-corrected chi connectivity index (χ2v) is 1.87. The summed E-state index contributed by atoms with van der Waals surface area (Å²) in [5.74, 6) is -0.690. The number of carboxylic acid groups (broad SMARTS) is 1. The Morgan fingerprint density at radius 2 is 2.20 bits per heavy atom. The maximum atomic E-state index is 9.96. The number of methoxy groups -OCH3 is 1. The minimum atomic E-state index is -0.830.